The molecular weight excluding hydrogens is 345 g/mol. The number of carbonyl (C=O) groups is 1. The van der Waals surface area contributed by atoms with E-state index in [0.29, 0.717) is 36.4 Å². The van der Waals surface area contributed by atoms with Crippen molar-refractivity contribution in [1.29, 1.82) is 0 Å². The number of nitrogens with one attached hydrogen (secondary N) is 2. The quantitative estimate of drug-likeness (QED) is 0.780. The molecule has 0 aliphatic carbocycles. The highest BCUT2D eigenvalue weighted by molar-refractivity contribution is 5.76. The summed E-state index contributed by atoms with van der Waals surface area (Å²) in [6.45, 7) is 4.66. The molecule has 2 aromatic rings. The number of amides is 1. The minimum absolute atomic E-state index is 0.0610. The molecule has 5 nitrogen and oxygen atoms in total. The van der Waals surface area contributed by atoms with Gasteiger partial charge in [0.1, 0.15) is 11.6 Å². The number of pyridine rings is 1. The Morgan fingerprint density at radius 2 is 2.19 bits per heavy atom. The average molecular weight is 371 g/mol. The zero-order valence-electron chi connectivity index (χ0n) is 15.6. The Morgan fingerprint density at radius 1 is 1.37 bits per heavy atom. The van der Waals surface area contributed by atoms with Gasteiger partial charge in [0.2, 0.25) is 11.8 Å². The van der Waals surface area contributed by atoms with Gasteiger partial charge in [0.15, 0.2) is 0 Å². The number of ether oxygens (including phenoxy) is 1. The van der Waals surface area contributed by atoms with Gasteiger partial charge >= 0.3 is 0 Å². The highest BCUT2D eigenvalue weighted by Gasteiger charge is 2.21. The average Bonchev–Trinajstić information content (AvgIpc) is 2.69. The van der Waals surface area contributed by atoms with Crippen molar-refractivity contribution in [1.82, 2.24) is 15.6 Å². The molecule has 2 unspecified atom stereocenters. The van der Waals surface area contributed by atoms with Gasteiger partial charge in [-0.1, -0.05) is 6.92 Å². The number of aromatic nitrogens is 1. The van der Waals surface area contributed by atoms with E-state index in [1.165, 1.54) is 25.0 Å². The minimum atomic E-state index is -0.315. The van der Waals surface area contributed by atoms with Crippen LogP contribution in [0, 0.1) is 17.7 Å². The summed E-state index contributed by atoms with van der Waals surface area (Å²) in [6, 6.07) is 9.38. The normalized spacial score (nSPS) is 17.9. The van der Waals surface area contributed by atoms with Crippen molar-refractivity contribution in [3.05, 3.63) is 54.0 Å². The molecule has 144 valence electrons. The van der Waals surface area contributed by atoms with Crippen LogP contribution >= 0.6 is 0 Å². The highest BCUT2D eigenvalue weighted by atomic mass is 19.1. The van der Waals surface area contributed by atoms with Crippen LogP contribution in [0.4, 0.5) is 4.39 Å². The molecule has 2 atom stereocenters. The maximum absolute atomic E-state index is 13.0. The van der Waals surface area contributed by atoms with Crippen molar-refractivity contribution in [2.45, 2.75) is 32.7 Å². The van der Waals surface area contributed by atoms with E-state index in [0.717, 1.165) is 18.7 Å². The smallest absolute Gasteiger partial charge is 0.220 e. The second kappa shape index (κ2) is 9.46. The van der Waals surface area contributed by atoms with E-state index in [1.807, 2.05) is 6.07 Å². The Labute approximate surface area is 159 Å². The lowest BCUT2D eigenvalue weighted by molar-refractivity contribution is -0.122. The van der Waals surface area contributed by atoms with Crippen molar-refractivity contribution in [3.8, 4) is 11.6 Å². The van der Waals surface area contributed by atoms with Crippen LogP contribution in [0.25, 0.3) is 0 Å². The van der Waals surface area contributed by atoms with E-state index in [-0.39, 0.29) is 11.7 Å². The van der Waals surface area contributed by atoms with Crippen molar-refractivity contribution in [3.63, 3.8) is 0 Å². The Kier molecular flexibility index (Phi) is 6.76. The van der Waals surface area contributed by atoms with E-state index in [9.17, 15) is 9.18 Å². The van der Waals surface area contributed by atoms with Crippen LogP contribution in [-0.2, 0) is 11.3 Å². The number of nitrogens with zero attached hydrogens (tertiary/aromatic N) is 1. The van der Waals surface area contributed by atoms with Gasteiger partial charge in [0, 0.05) is 25.2 Å². The van der Waals surface area contributed by atoms with Gasteiger partial charge in [-0.15, -0.1) is 0 Å². The van der Waals surface area contributed by atoms with Crippen molar-refractivity contribution in [2.24, 2.45) is 11.8 Å². The summed E-state index contributed by atoms with van der Waals surface area (Å²) in [7, 11) is 0. The lowest BCUT2D eigenvalue weighted by Gasteiger charge is -2.28. The molecule has 1 aliphatic rings. The Bertz CT molecular complexity index is 745. The van der Waals surface area contributed by atoms with Gasteiger partial charge in [-0.3, -0.25) is 4.79 Å². The molecule has 6 heteroatoms. The second-order valence-electron chi connectivity index (χ2n) is 7.12. The van der Waals surface area contributed by atoms with E-state index < -0.39 is 0 Å². The van der Waals surface area contributed by atoms with Crippen LogP contribution in [0.5, 0.6) is 11.6 Å². The first-order valence-corrected chi connectivity index (χ1v) is 9.46. The molecule has 1 aromatic heterocycles. The van der Waals surface area contributed by atoms with Crippen molar-refractivity contribution >= 4 is 5.91 Å². The van der Waals surface area contributed by atoms with Crippen molar-refractivity contribution < 1.29 is 13.9 Å². The highest BCUT2D eigenvalue weighted by Crippen LogP contribution is 2.23. The summed E-state index contributed by atoms with van der Waals surface area (Å²) in [4.78, 5) is 16.4. The van der Waals surface area contributed by atoms with Gasteiger partial charge in [-0.2, -0.15) is 0 Å². The fourth-order valence-electron chi connectivity index (χ4n) is 3.34. The maximum Gasteiger partial charge on any atom is 0.220 e. The van der Waals surface area contributed by atoms with Gasteiger partial charge in [-0.05, 0) is 73.7 Å². The third-order valence-electron chi connectivity index (χ3n) is 4.97. The molecule has 0 saturated carbocycles. The fraction of sp³-hybridized carbons (Fsp3) is 0.429. The summed E-state index contributed by atoms with van der Waals surface area (Å²) in [5, 5.41) is 6.38. The van der Waals surface area contributed by atoms with Gasteiger partial charge in [0.05, 0.1) is 0 Å². The molecule has 1 fully saturated rings. The first kappa shape index (κ1) is 19.3. The summed E-state index contributed by atoms with van der Waals surface area (Å²) >= 11 is 0. The van der Waals surface area contributed by atoms with Crippen LogP contribution in [0.15, 0.2) is 42.6 Å². The molecule has 2 N–H and O–H groups in total. The molecule has 1 aromatic carbocycles. The molecule has 0 bridgehead atoms. The molecule has 0 radical (unpaired) electrons. The van der Waals surface area contributed by atoms with Gasteiger partial charge in [0.25, 0.3) is 0 Å². The standard InChI is InChI=1S/C21H26FN3O2/c1-15(17-3-2-9-23-14-17)11-20(26)25-13-16-8-10-24-21(12-16)27-19-6-4-18(22)5-7-19/h4-8,10,12,15,17,23H,2-3,9,11,13-14H2,1H3,(H,25,26). The summed E-state index contributed by atoms with van der Waals surface area (Å²) in [5.74, 6) is 1.61. The van der Waals surface area contributed by atoms with E-state index >= 15 is 0 Å². The second-order valence-corrected chi connectivity index (χ2v) is 7.12. The number of piperidine rings is 1. The van der Waals surface area contributed by atoms with Gasteiger partial charge in [-0.25, -0.2) is 9.37 Å². The molecule has 2 heterocycles. The van der Waals surface area contributed by atoms with Crippen LogP contribution in [0.2, 0.25) is 0 Å². The Morgan fingerprint density at radius 3 is 2.93 bits per heavy atom. The summed E-state index contributed by atoms with van der Waals surface area (Å²) < 4.78 is 18.6. The largest absolute Gasteiger partial charge is 0.439 e. The first-order valence-electron chi connectivity index (χ1n) is 9.46. The summed E-state index contributed by atoms with van der Waals surface area (Å²) in [5.41, 5.74) is 0.905. The van der Waals surface area contributed by atoms with E-state index in [1.54, 1.807) is 24.4 Å². The number of hydrogen-bond acceptors (Lipinski definition) is 4. The lowest BCUT2D eigenvalue weighted by atomic mass is 9.85. The Hall–Kier alpha value is -2.47. The molecule has 0 spiro atoms. The van der Waals surface area contributed by atoms with E-state index in [2.05, 4.69) is 22.5 Å². The van der Waals surface area contributed by atoms with Crippen LogP contribution < -0.4 is 15.4 Å². The topological polar surface area (TPSA) is 63.2 Å². The van der Waals surface area contributed by atoms with Crippen LogP contribution in [-0.4, -0.2) is 24.0 Å². The molecule has 27 heavy (non-hydrogen) atoms. The predicted octanol–water partition coefficient (Wildman–Crippen LogP) is 3.66. The monoisotopic (exact) mass is 371 g/mol. The number of rotatable bonds is 7. The minimum Gasteiger partial charge on any atom is -0.439 e. The Balaban J connectivity index is 1.48. The molecule has 1 aliphatic heterocycles. The number of benzene rings is 1. The zero-order valence-corrected chi connectivity index (χ0v) is 15.6. The maximum atomic E-state index is 13.0. The van der Waals surface area contributed by atoms with Gasteiger partial charge < -0.3 is 15.4 Å². The lowest BCUT2D eigenvalue weighted by Crippen LogP contribution is -2.35. The molecule has 1 saturated heterocycles. The van der Waals surface area contributed by atoms with E-state index in [4.69, 9.17) is 4.74 Å². The number of halogens is 1. The summed E-state index contributed by atoms with van der Waals surface area (Å²) in [6.07, 6.45) is 4.55. The van der Waals surface area contributed by atoms with Crippen LogP contribution in [0.1, 0.15) is 31.7 Å². The fourth-order valence-corrected chi connectivity index (χ4v) is 3.34. The number of hydrogen-bond donors (Lipinski definition) is 2. The predicted molar refractivity (Wildman–Crippen MR) is 102 cm³/mol. The SMILES string of the molecule is CC(CC(=O)NCc1ccnc(Oc2ccc(F)cc2)c1)C1CCCNC1. The van der Waals surface area contributed by atoms with Crippen molar-refractivity contribution in [2.75, 3.05) is 13.1 Å². The molecular formula is C21H26FN3O2. The number of carbonyl (C=O) groups excluding carboxylic acids is 1. The molecule has 3 rings (SSSR count). The van der Waals surface area contributed by atoms with Crippen LogP contribution in [0.3, 0.4) is 0 Å². The third kappa shape index (κ3) is 6.03. The zero-order chi connectivity index (χ0) is 19.1. The molecule has 1 amide bonds. The third-order valence-corrected chi connectivity index (χ3v) is 4.97. The first-order chi connectivity index (χ1) is 13.1.